The first-order chi connectivity index (χ1) is 9.02. The number of rotatable bonds is 2. The van der Waals surface area contributed by atoms with Crippen LogP contribution in [0.5, 0.6) is 0 Å². The Hall–Kier alpha value is -1.43. The van der Waals surface area contributed by atoms with E-state index < -0.39 is 0 Å². The fraction of sp³-hybridized carbons (Fsp3) is 0.769. The highest BCUT2D eigenvalue weighted by molar-refractivity contribution is 5.89. The molecule has 1 aromatic heterocycles. The van der Waals surface area contributed by atoms with Crippen molar-refractivity contribution in [1.29, 1.82) is 0 Å². The first-order valence-corrected chi connectivity index (χ1v) is 6.83. The van der Waals surface area contributed by atoms with Gasteiger partial charge in [0.1, 0.15) is 5.82 Å². The summed E-state index contributed by atoms with van der Waals surface area (Å²) in [6.07, 6.45) is 4.71. The SMILES string of the molecule is CON(C)C(=O)c1nc2n(n1)C1(CC1C)CC21CC1. The van der Waals surface area contributed by atoms with Crippen LogP contribution in [0.1, 0.15) is 49.1 Å². The van der Waals surface area contributed by atoms with Crippen LogP contribution in [0.2, 0.25) is 0 Å². The molecule has 1 amide bonds. The van der Waals surface area contributed by atoms with Crippen molar-refractivity contribution < 1.29 is 9.63 Å². The number of fused-ring (bicyclic) bond motifs is 3. The number of hydroxylamine groups is 2. The second-order valence-electron chi connectivity index (χ2n) is 6.32. The number of carbonyl (C=O) groups excluding carboxylic acids is 1. The predicted molar refractivity (Wildman–Crippen MR) is 66.4 cm³/mol. The van der Waals surface area contributed by atoms with Crippen molar-refractivity contribution in [3.63, 3.8) is 0 Å². The summed E-state index contributed by atoms with van der Waals surface area (Å²) in [7, 11) is 3.05. The lowest BCUT2D eigenvalue weighted by molar-refractivity contribution is -0.0764. The Morgan fingerprint density at radius 2 is 2.21 bits per heavy atom. The molecule has 19 heavy (non-hydrogen) atoms. The summed E-state index contributed by atoms with van der Waals surface area (Å²) in [5.74, 6) is 1.67. The Morgan fingerprint density at radius 3 is 2.74 bits per heavy atom. The summed E-state index contributed by atoms with van der Waals surface area (Å²) in [6.45, 7) is 2.26. The van der Waals surface area contributed by atoms with E-state index in [0.717, 1.165) is 5.82 Å². The molecule has 3 aliphatic rings. The smallest absolute Gasteiger partial charge is 0.274 e. The summed E-state index contributed by atoms with van der Waals surface area (Å²) in [6, 6.07) is 0. The maximum atomic E-state index is 12.1. The van der Waals surface area contributed by atoms with Gasteiger partial charge in [0.15, 0.2) is 0 Å². The molecule has 0 saturated heterocycles. The normalized spacial score (nSPS) is 32.7. The number of hydrogen-bond acceptors (Lipinski definition) is 4. The fourth-order valence-corrected chi connectivity index (χ4v) is 3.58. The van der Waals surface area contributed by atoms with Gasteiger partial charge in [0.25, 0.3) is 0 Å². The van der Waals surface area contributed by atoms with E-state index in [4.69, 9.17) is 4.84 Å². The lowest BCUT2D eigenvalue weighted by atomic mass is 9.99. The van der Waals surface area contributed by atoms with E-state index in [0.29, 0.717) is 5.92 Å². The van der Waals surface area contributed by atoms with E-state index in [2.05, 4.69) is 21.7 Å². The van der Waals surface area contributed by atoms with Crippen molar-refractivity contribution >= 4 is 5.91 Å². The van der Waals surface area contributed by atoms with Crippen LogP contribution in [0.3, 0.4) is 0 Å². The van der Waals surface area contributed by atoms with Gasteiger partial charge in [-0.05, 0) is 31.6 Å². The second-order valence-corrected chi connectivity index (χ2v) is 6.32. The van der Waals surface area contributed by atoms with Gasteiger partial charge in [-0.15, -0.1) is 5.10 Å². The van der Waals surface area contributed by atoms with Crippen LogP contribution in [-0.2, 0) is 15.8 Å². The maximum Gasteiger partial charge on any atom is 0.316 e. The highest BCUT2D eigenvalue weighted by Crippen LogP contribution is 2.68. The van der Waals surface area contributed by atoms with E-state index in [1.807, 2.05) is 0 Å². The van der Waals surface area contributed by atoms with Gasteiger partial charge in [-0.25, -0.2) is 14.7 Å². The van der Waals surface area contributed by atoms with Gasteiger partial charge in [-0.3, -0.25) is 9.63 Å². The highest BCUT2D eigenvalue weighted by atomic mass is 16.7. The first-order valence-electron chi connectivity index (χ1n) is 6.83. The van der Waals surface area contributed by atoms with Crippen LogP contribution in [0.25, 0.3) is 0 Å². The summed E-state index contributed by atoms with van der Waals surface area (Å²) in [4.78, 5) is 21.5. The average Bonchev–Trinajstić information content (AvgIpc) is 3.22. The van der Waals surface area contributed by atoms with Crippen molar-refractivity contribution in [3.8, 4) is 0 Å². The Morgan fingerprint density at radius 1 is 1.53 bits per heavy atom. The molecule has 2 spiro atoms. The Balaban J connectivity index is 1.76. The van der Waals surface area contributed by atoms with Gasteiger partial charge >= 0.3 is 5.91 Å². The molecule has 2 fully saturated rings. The van der Waals surface area contributed by atoms with Gasteiger partial charge in [-0.1, -0.05) is 6.92 Å². The van der Waals surface area contributed by atoms with Crippen LogP contribution in [0, 0.1) is 5.92 Å². The number of amides is 1. The molecule has 2 saturated carbocycles. The summed E-state index contributed by atoms with van der Waals surface area (Å²) >= 11 is 0. The number of nitrogens with zero attached hydrogens (tertiary/aromatic N) is 4. The summed E-state index contributed by atoms with van der Waals surface area (Å²) < 4.78 is 2.06. The molecular formula is C13H18N4O2. The van der Waals surface area contributed by atoms with E-state index >= 15 is 0 Å². The van der Waals surface area contributed by atoms with Crippen molar-refractivity contribution in [1.82, 2.24) is 19.8 Å². The molecule has 0 radical (unpaired) electrons. The largest absolute Gasteiger partial charge is 0.316 e. The molecule has 0 aromatic carbocycles. The molecule has 6 nitrogen and oxygen atoms in total. The van der Waals surface area contributed by atoms with Crippen molar-refractivity contribution in [3.05, 3.63) is 11.6 Å². The molecule has 1 aliphatic heterocycles. The van der Waals surface area contributed by atoms with E-state index in [9.17, 15) is 4.79 Å². The van der Waals surface area contributed by atoms with Gasteiger partial charge in [0.2, 0.25) is 5.82 Å². The van der Waals surface area contributed by atoms with E-state index in [1.165, 1.54) is 37.9 Å². The highest BCUT2D eigenvalue weighted by Gasteiger charge is 2.68. The minimum Gasteiger partial charge on any atom is -0.274 e. The lowest BCUT2D eigenvalue weighted by Gasteiger charge is -2.12. The monoisotopic (exact) mass is 262 g/mol. The lowest BCUT2D eigenvalue weighted by Crippen LogP contribution is -2.27. The van der Waals surface area contributed by atoms with Crippen LogP contribution >= 0.6 is 0 Å². The molecule has 0 bridgehead atoms. The topological polar surface area (TPSA) is 60.2 Å². The summed E-state index contributed by atoms with van der Waals surface area (Å²) in [5, 5.41) is 5.67. The van der Waals surface area contributed by atoms with Crippen molar-refractivity contribution in [2.45, 2.75) is 43.6 Å². The Labute approximate surface area is 111 Å². The third kappa shape index (κ3) is 1.27. The number of hydrogen-bond donors (Lipinski definition) is 0. The number of aromatic nitrogens is 3. The quantitative estimate of drug-likeness (QED) is 0.748. The van der Waals surface area contributed by atoms with Crippen LogP contribution in [-0.4, -0.2) is 39.9 Å². The number of carbonyl (C=O) groups is 1. The van der Waals surface area contributed by atoms with E-state index in [-0.39, 0.29) is 22.7 Å². The average molecular weight is 262 g/mol. The van der Waals surface area contributed by atoms with Crippen LogP contribution < -0.4 is 0 Å². The van der Waals surface area contributed by atoms with Gasteiger partial charge in [-0.2, -0.15) is 0 Å². The minimum absolute atomic E-state index is 0.156. The molecule has 6 heteroatoms. The van der Waals surface area contributed by atoms with Crippen LogP contribution in [0.4, 0.5) is 0 Å². The van der Waals surface area contributed by atoms with Gasteiger partial charge < -0.3 is 0 Å². The molecule has 0 N–H and O–H groups in total. The zero-order chi connectivity index (χ0) is 13.4. The molecule has 1 aromatic rings. The standard InChI is InChI=1S/C13H18N4O2/c1-8-6-13(8)7-12(4-5-12)11-14-9(15-17(11)13)10(18)16(2)19-3/h8H,4-7H2,1-3H3. The minimum atomic E-state index is -0.274. The third-order valence-corrected chi connectivity index (χ3v) is 5.17. The van der Waals surface area contributed by atoms with Gasteiger partial charge in [0.05, 0.1) is 12.6 Å². The van der Waals surface area contributed by atoms with Crippen LogP contribution in [0.15, 0.2) is 0 Å². The second kappa shape index (κ2) is 3.17. The molecule has 102 valence electrons. The maximum absolute atomic E-state index is 12.1. The molecular weight excluding hydrogens is 244 g/mol. The van der Waals surface area contributed by atoms with Crippen molar-refractivity contribution in [2.75, 3.05) is 14.2 Å². The summed E-state index contributed by atoms with van der Waals surface area (Å²) in [5.41, 5.74) is 0.380. The molecule has 2 aliphatic carbocycles. The van der Waals surface area contributed by atoms with Crippen molar-refractivity contribution in [2.24, 2.45) is 5.92 Å². The zero-order valence-corrected chi connectivity index (χ0v) is 11.5. The molecule has 4 rings (SSSR count). The molecule has 2 unspecified atom stereocenters. The molecule has 2 heterocycles. The van der Waals surface area contributed by atoms with E-state index in [1.54, 1.807) is 7.05 Å². The predicted octanol–water partition coefficient (Wildman–Crippen LogP) is 1.08. The third-order valence-electron chi connectivity index (χ3n) is 5.17. The Kier molecular flexibility index (Phi) is 1.91. The van der Waals surface area contributed by atoms with Gasteiger partial charge in [0, 0.05) is 12.5 Å². The molecule has 2 atom stereocenters. The first kappa shape index (κ1) is 11.4. The fourth-order valence-electron chi connectivity index (χ4n) is 3.58. The Bertz CT molecular complexity index is 577. The zero-order valence-electron chi connectivity index (χ0n) is 11.5.